The summed E-state index contributed by atoms with van der Waals surface area (Å²) in [6.07, 6.45) is 8.61. The number of carbonyl (C=O) groups is 1. The van der Waals surface area contributed by atoms with Crippen LogP contribution in [0.4, 0.5) is 0 Å². The summed E-state index contributed by atoms with van der Waals surface area (Å²) < 4.78 is 6.03. The Morgan fingerprint density at radius 3 is 2.82 bits per heavy atom. The first-order chi connectivity index (χ1) is 10.3. The molecule has 2 nitrogen and oxygen atoms in total. The van der Waals surface area contributed by atoms with Gasteiger partial charge in [-0.1, -0.05) is 30.7 Å². The van der Waals surface area contributed by atoms with Gasteiger partial charge >= 0.3 is 0 Å². The minimum absolute atomic E-state index is 0.00370. The van der Waals surface area contributed by atoms with E-state index in [9.17, 15) is 4.79 Å². The number of Topliss-reactive ketones (excluding diaryl/α,β-unsaturated/α-hetero) is 1. The van der Waals surface area contributed by atoms with Crippen LogP contribution in [0.5, 0.6) is 0 Å². The van der Waals surface area contributed by atoms with Crippen molar-refractivity contribution in [3.05, 3.63) is 23.8 Å². The van der Waals surface area contributed by atoms with Crippen molar-refractivity contribution in [1.82, 2.24) is 0 Å². The molecule has 0 spiro atoms. The summed E-state index contributed by atoms with van der Waals surface area (Å²) >= 11 is 0. The first-order valence-corrected chi connectivity index (χ1v) is 8.78. The number of rotatable bonds is 1. The quantitative estimate of drug-likeness (QED) is 0.512. The molecule has 22 heavy (non-hydrogen) atoms. The minimum Gasteiger partial charge on any atom is -0.366 e. The molecule has 0 aromatic heterocycles. The average Bonchev–Trinajstić information content (AvgIpc) is 2.97. The highest BCUT2D eigenvalue weighted by atomic mass is 16.6. The van der Waals surface area contributed by atoms with Crippen LogP contribution < -0.4 is 0 Å². The molecule has 1 heterocycles. The van der Waals surface area contributed by atoms with Crippen molar-refractivity contribution >= 4 is 5.78 Å². The molecule has 0 aromatic carbocycles. The van der Waals surface area contributed by atoms with Crippen molar-refractivity contribution < 1.29 is 9.53 Å². The zero-order chi connectivity index (χ0) is 16.1. The van der Waals surface area contributed by atoms with Crippen LogP contribution in [-0.2, 0) is 9.53 Å². The van der Waals surface area contributed by atoms with E-state index in [4.69, 9.17) is 4.74 Å². The Balaban J connectivity index is 1.92. The van der Waals surface area contributed by atoms with Crippen molar-refractivity contribution in [3.63, 3.8) is 0 Å². The van der Waals surface area contributed by atoms with Gasteiger partial charge in [-0.25, -0.2) is 0 Å². The van der Waals surface area contributed by atoms with Gasteiger partial charge < -0.3 is 4.74 Å². The Morgan fingerprint density at radius 1 is 1.41 bits per heavy atom. The van der Waals surface area contributed by atoms with Gasteiger partial charge in [-0.3, -0.25) is 4.79 Å². The molecule has 2 fully saturated rings. The Labute approximate surface area is 135 Å². The average molecular weight is 302 g/mol. The van der Waals surface area contributed by atoms with Crippen molar-refractivity contribution in [2.75, 3.05) is 0 Å². The SMILES string of the molecule is C=C(C)[C@H]1CC(=O)[C@@]2(C)C[C@@H]3O[C@]3(C)CCC=C(C)CC[C@H]12. The lowest BCUT2D eigenvalue weighted by atomic mass is 9.69. The number of carbonyl (C=O) groups excluding carboxylic acids is 1. The maximum atomic E-state index is 12.8. The zero-order valence-electron chi connectivity index (χ0n) is 14.6. The zero-order valence-corrected chi connectivity index (χ0v) is 14.6. The summed E-state index contributed by atoms with van der Waals surface area (Å²) in [5.74, 6) is 1.22. The minimum atomic E-state index is -0.226. The van der Waals surface area contributed by atoms with Crippen LogP contribution >= 0.6 is 0 Å². The van der Waals surface area contributed by atoms with Gasteiger partial charge in [0.1, 0.15) is 5.78 Å². The molecule has 3 aliphatic rings. The lowest BCUT2D eigenvalue weighted by Crippen LogP contribution is -2.33. The summed E-state index contributed by atoms with van der Waals surface area (Å²) in [7, 11) is 0. The lowest BCUT2D eigenvalue weighted by molar-refractivity contribution is -0.127. The van der Waals surface area contributed by atoms with Gasteiger partial charge in [-0.15, -0.1) is 0 Å². The molecule has 1 saturated carbocycles. The fourth-order valence-electron chi connectivity index (χ4n) is 4.77. The molecule has 2 heteroatoms. The monoisotopic (exact) mass is 302 g/mol. The molecule has 0 radical (unpaired) electrons. The van der Waals surface area contributed by atoms with Crippen LogP contribution in [0, 0.1) is 17.3 Å². The normalized spacial score (nSPS) is 45.4. The van der Waals surface area contributed by atoms with Crippen LogP contribution in [0.2, 0.25) is 0 Å². The molecule has 1 saturated heterocycles. The largest absolute Gasteiger partial charge is 0.366 e. The van der Waals surface area contributed by atoms with Crippen molar-refractivity contribution in [1.29, 1.82) is 0 Å². The predicted molar refractivity (Wildman–Crippen MR) is 89.6 cm³/mol. The highest BCUT2D eigenvalue weighted by Crippen LogP contribution is 2.56. The van der Waals surface area contributed by atoms with E-state index in [0.29, 0.717) is 24.0 Å². The van der Waals surface area contributed by atoms with Crippen molar-refractivity contribution in [2.24, 2.45) is 17.3 Å². The number of allylic oxidation sites excluding steroid dienone is 3. The van der Waals surface area contributed by atoms with E-state index in [1.807, 2.05) is 0 Å². The molecule has 2 aliphatic carbocycles. The van der Waals surface area contributed by atoms with Crippen molar-refractivity contribution in [3.8, 4) is 0 Å². The highest BCUT2D eigenvalue weighted by Gasteiger charge is 2.59. The molecule has 5 atom stereocenters. The summed E-state index contributed by atoms with van der Waals surface area (Å²) in [6, 6.07) is 0. The van der Waals surface area contributed by atoms with E-state index < -0.39 is 0 Å². The van der Waals surface area contributed by atoms with Crippen LogP contribution in [0.15, 0.2) is 23.8 Å². The Morgan fingerprint density at radius 2 is 2.14 bits per heavy atom. The van der Waals surface area contributed by atoms with E-state index in [1.165, 1.54) is 11.1 Å². The lowest BCUT2D eigenvalue weighted by Gasteiger charge is -2.33. The van der Waals surface area contributed by atoms with Gasteiger partial charge in [-0.05, 0) is 64.7 Å². The molecular formula is C20H30O2. The van der Waals surface area contributed by atoms with E-state index in [2.05, 4.69) is 40.3 Å². The molecule has 0 unspecified atom stereocenters. The van der Waals surface area contributed by atoms with E-state index in [-0.39, 0.29) is 17.1 Å². The van der Waals surface area contributed by atoms with Crippen LogP contribution in [0.3, 0.4) is 0 Å². The molecule has 3 rings (SSSR count). The number of ether oxygens (including phenoxy) is 1. The Hall–Kier alpha value is -0.890. The maximum absolute atomic E-state index is 12.8. The predicted octanol–water partition coefficient (Wildman–Crippen LogP) is 4.84. The van der Waals surface area contributed by atoms with Crippen LogP contribution in [0.25, 0.3) is 0 Å². The fourth-order valence-corrected chi connectivity index (χ4v) is 4.77. The van der Waals surface area contributed by atoms with Gasteiger partial charge in [0.05, 0.1) is 11.7 Å². The molecular weight excluding hydrogens is 272 g/mol. The number of fused-ring (bicyclic) bond motifs is 2. The Kier molecular flexibility index (Phi) is 3.87. The van der Waals surface area contributed by atoms with Gasteiger partial charge in [0, 0.05) is 11.8 Å². The van der Waals surface area contributed by atoms with Gasteiger partial charge in [0.15, 0.2) is 0 Å². The number of epoxide rings is 1. The second-order valence-corrected chi connectivity index (χ2v) is 8.36. The molecule has 1 aliphatic heterocycles. The third-order valence-corrected chi connectivity index (χ3v) is 6.61. The van der Waals surface area contributed by atoms with Gasteiger partial charge in [-0.2, -0.15) is 0 Å². The number of hydrogen-bond acceptors (Lipinski definition) is 2. The summed E-state index contributed by atoms with van der Waals surface area (Å²) in [5.41, 5.74) is 2.41. The third kappa shape index (κ3) is 2.60. The van der Waals surface area contributed by atoms with E-state index in [0.717, 1.165) is 32.1 Å². The first-order valence-electron chi connectivity index (χ1n) is 8.78. The van der Waals surface area contributed by atoms with E-state index in [1.54, 1.807) is 0 Å². The van der Waals surface area contributed by atoms with E-state index >= 15 is 0 Å². The molecule has 122 valence electrons. The second kappa shape index (κ2) is 5.33. The standard InChI is InChI=1S/C20H30O2/c1-13(2)15-11-17(21)19(4)12-18-20(5,22-18)10-6-7-14(3)8-9-16(15)19/h7,15-16,18H,1,6,8-12H2,2-5H3/t15-,16-,18+,19+,20-/m1/s1. The van der Waals surface area contributed by atoms with Crippen LogP contribution in [0.1, 0.15) is 66.2 Å². The first kappa shape index (κ1) is 16.0. The smallest absolute Gasteiger partial charge is 0.139 e. The van der Waals surface area contributed by atoms with Crippen molar-refractivity contribution in [2.45, 2.75) is 77.9 Å². The van der Waals surface area contributed by atoms with Gasteiger partial charge in [0.25, 0.3) is 0 Å². The fraction of sp³-hybridized carbons (Fsp3) is 0.750. The van der Waals surface area contributed by atoms with Gasteiger partial charge in [0.2, 0.25) is 0 Å². The number of ketones is 1. The second-order valence-electron chi connectivity index (χ2n) is 8.36. The molecule has 0 aromatic rings. The molecule has 0 bridgehead atoms. The van der Waals surface area contributed by atoms with Crippen LogP contribution in [-0.4, -0.2) is 17.5 Å². The summed E-state index contributed by atoms with van der Waals surface area (Å²) in [5, 5.41) is 0. The summed E-state index contributed by atoms with van der Waals surface area (Å²) in [4.78, 5) is 12.8. The number of hydrogen-bond donors (Lipinski definition) is 0. The molecule has 0 N–H and O–H groups in total. The summed E-state index contributed by atoms with van der Waals surface area (Å²) in [6.45, 7) is 12.9. The maximum Gasteiger partial charge on any atom is 0.139 e. The Bertz CT molecular complexity index is 532. The topological polar surface area (TPSA) is 29.6 Å². The third-order valence-electron chi connectivity index (χ3n) is 6.61. The highest BCUT2D eigenvalue weighted by molar-refractivity contribution is 5.88. The molecule has 0 amide bonds.